The lowest BCUT2D eigenvalue weighted by molar-refractivity contribution is -0.145. The molecule has 0 unspecified atom stereocenters. The second-order valence-electron chi connectivity index (χ2n) is 2.87. The van der Waals surface area contributed by atoms with E-state index in [0.29, 0.717) is 13.0 Å². The maximum Gasteiger partial charge on any atom is 0.323 e. The Labute approximate surface area is 65.8 Å². The van der Waals surface area contributed by atoms with Gasteiger partial charge in [-0.15, -0.1) is 0 Å². The van der Waals surface area contributed by atoms with E-state index in [-0.39, 0.29) is 18.1 Å². The van der Waals surface area contributed by atoms with Crippen LogP contribution in [0.5, 0.6) is 0 Å². The Hall–Kier alpha value is -0.610. The molecule has 64 valence electrons. The highest BCUT2D eigenvalue weighted by Gasteiger charge is 2.33. The number of hydrogen-bond donors (Lipinski definition) is 1. The molecule has 0 aromatic carbocycles. The number of methoxy groups -OCH3 is 1. The average molecular weight is 159 g/mol. The first-order valence-corrected chi connectivity index (χ1v) is 3.61. The first-order valence-electron chi connectivity index (χ1n) is 3.61. The third kappa shape index (κ3) is 1.70. The molecule has 0 saturated carbocycles. The molecule has 0 aromatic rings. The van der Waals surface area contributed by atoms with Gasteiger partial charge in [0.2, 0.25) is 0 Å². The maximum atomic E-state index is 11.0. The van der Waals surface area contributed by atoms with E-state index in [9.17, 15) is 4.79 Å². The molecule has 1 aliphatic rings. The molecular weight excluding hydrogens is 146 g/mol. The number of likely N-dealkylation sites (tertiary alicyclic amines) is 1. The molecule has 0 radical (unpaired) electrons. The van der Waals surface area contributed by atoms with Gasteiger partial charge in [-0.2, -0.15) is 0 Å². The van der Waals surface area contributed by atoms with Gasteiger partial charge in [0.25, 0.3) is 0 Å². The molecule has 4 nitrogen and oxygen atoms in total. The number of carbonyl (C=O) groups excluding carboxylic acids is 1. The first-order chi connectivity index (χ1) is 5.15. The third-order valence-electron chi connectivity index (χ3n) is 2.00. The predicted octanol–water partition coefficient (Wildman–Crippen LogP) is -0.776. The fourth-order valence-corrected chi connectivity index (χ4v) is 1.38. The summed E-state index contributed by atoms with van der Waals surface area (Å²) in [4.78, 5) is 12.8. The normalized spacial score (nSPS) is 32.3. The maximum absolute atomic E-state index is 11.0. The number of nitrogens with zero attached hydrogens (tertiary/aromatic N) is 1. The first kappa shape index (κ1) is 8.49. The Kier molecular flexibility index (Phi) is 2.46. The lowest BCUT2D eigenvalue weighted by Gasteiger charge is -2.15. The van der Waals surface area contributed by atoms with Crippen molar-refractivity contribution in [1.29, 1.82) is 0 Å². The number of aliphatic hydroxyl groups excluding tert-OH is 1. The molecule has 0 aromatic heterocycles. The number of likely N-dealkylation sites (N-methyl/N-ethyl adjacent to an activating group) is 1. The number of ether oxygens (including phenoxy) is 1. The van der Waals surface area contributed by atoms with Crippen LogP contribution in [0.2, 0.25) is 0 Å². The second kappa shape index (κ2) is 3.19. The molecule has 1 saturated heterocycles. The molecule has 0 bridgehead atoms. The van der Waals surface area contributed by atoms with Crippen LogP contribution in [0.4, 0.5) is 0 Å². The second-order valence-corrected chi connectivity index (χ2v) is 2.87. The highest BCUT2D eigenvalue weighted by Crippen LogP contribution is 2.16. The quantitative estimate of drug-likeness (QED) is 0.510. The summed E-state index contributed by atoms with van der Waals surface area (Å²) in [5.41, 5.74) is 0. The fraction of sp³-hybridized carbons (Fsp3) is 0.857. The minimum Gasteiger partial charge on any atom is -0.468 e. The van der Waals surface area contributed by atoms with Gasteiger partial charge in [-0.05, 0) is 7.05 Å². The Morgan fingerprint density at radius 2 is 2.36 bits per heavy atom. The summed E-state index contributed by atoms with van der Waals surface area (Å²) >= 11 is 0. The molecule has 2 atom stereocenters. The number of esters is 1. The molecule has 0 amide bonds. The lowest BCUT2D eigenvalue weighted by Crippen LogP contribution is -2.33. The van der Waals surface area contributed by atoms with Crippen LogP contribution in [0, 0.1) is 0 Å². The van der Waals surface area contributed by atoms with Crippen molar-refractivity contribution in [2.45, 2.75) is 18.6 Å². The van der Waals surface area contributed by atoms with Gasteiger partial charge >= 0.3 is 5.97 Å². The number of hydrogen-bond acceptors (Lipinski definition) is 4. The smallest absolute Gasteiger partial charge is 0.323 e. The van der Waals surface area contributed by atoms with Gasteiger partial charge in [0.05, 0.1) is 13.2 Å². The predicted molar refractivity (Wildman–Crippen MR) is 39.1 cm³/mol. The lowest BCUT2D eigenvalue weighted by atomic mass is 10.2. The van der Waals surface area contributed by atoms with E-state index < -0.39 is 0 Å². The van der Waals surface area contributed by atoms with E-state index in [1.54, 1.807) is 11.9 Å². The van der Waals surface area contributed by atoms with Crippen LogP contribution in [0.3, 0.4) is 0 Å². The van der Waals surface area contributed by atoms with Crippen molar-refractivity contribution >= 4 is 5.97 Å². The highest BCUT2D eigenvalue weighted by molar-refractivity contribution is 5.76. The van der Waals surface area contributed by atoms with Crippen LogP contribution < -0.4 is 0 Å². The summed E-state index contributed by atoms with van der Waals surface area (Å²) in [5.74, 6) is -0.260. The van der Waals surface area contributed by atoms with Gasteiger partial charge < -0.3 is 9.84 Å². The zero-order chi connectivity index (χ0) is 8.43. The Bertz CT molecular complexity index is 160. The largest absolute Gasteiger partial charge is 0.468 e. The van der Waals surface area contributed by atoms with Gasteiger partial charge in [-0.25, -0.2) is 0 Å². The third-order valence-corrected chi connectivity index (χ3v) is 2.00. The Balaban J connectivity index is 2.52. The van der Waals surface area contributed by atoms with Crippen LogP contribution in [-0.2, 0) is 9.53 Å². The van der Waals surface area contributed by atoms with E-state index in [4.69, 9.17) is 5.11 Å². The van der Waals surface area contributed by atoms with Crippen LogP contribution >= 0.6 is 0 Å². The van der Waals surface area contributed by atoms with Crippen molar-refractivity contribution in [2.75, 3.05) is 20.7 Å². The summed E-state index contributed by atoms with van der Waals surface area (Å²) in [6.45, 7) is 0.555. The van der Waals surface area contributed by atoms with Crippen molar-refractivity contribution in [2.24, 2.45) is 0 Å². The van der Waals surface area contributed by atoms with Crippen LogP contribution in [0.25, 0.3) is 0 Å². The molecular formula is C7H13NO3. The summed E-state index contributed by atoms with van der Waals surface area (Å²) in [6.07, 6.45) is 0.104. The SMILES string of the molecule is COC(=O)[C@H]1C[C@H](O)CN1C. The zero-order valence-corrected chi connectivity index (χ0v) is 6.78. The number of aliphatic hydroxyl groups is 1. The summed E-state index contributed by atoms with van der Waals surface area (Å²) in [6, 6.07) is -0.255. The van der Waals surface area contributed by atoms with Gasteiger partial charge in [0, 0.05) is 13.0 Å². The average Bonchev–Trinajstić information content (AvgIpc) is 2.28. The van der Waals surface area contributed by atoms with Crippen molar-refractivity contribution in [1.82, 2.24) is 4.90 Å². The Morgan fingerprint density at radius 1 is 1.73 bits per heavy atom. The van der Waals surface area contributed by atoms with E-state index in [1.165, 1.54) is 7.11 Å². The van der Waals surface area contributed by atoms with Crippen molar-refractivity contribution in [3.05, 3.63) is 0 Å². The van der Waals surface area contributed by atoms with E-state index in [2.05, 4.69) is 4.74 Å². The van der Waals surface area contributed by atoms with Crippen LogP contribution in [0.1, 0.15) is 6.42 Å². The molecule has 0 aliphatic carbocycles. The van der Waals surface area contributed by atoms with E-state index in [0.717, 1.165) is 0 Å². The Morgan fingerprint density at radius 3 is 2.73 bits per heavy atom. The van der Waals surface area contributed by atoms with Crippen molar-refractivity contribution in [3.63, 3.8) is 0 Å². The van der Waals surface area contributed by atoms with Gasteiger partial charge in [0.15, 0.2) is 0 Å². The van der Waals surface area contributed by atoms with Crippen molar-refractivity contribution < 1.29 is 14.6 Å². The number of rotatable bonds is 1. The number of carbonyl (C=O) groups is 1. The molecule has 0 spiro atoms. The number of β-amino-alcohol motifs (C(OH)–C–C–N with tert-alkyl or cyclic N) is 1. The molecule has 1 heterocycles. The topological polar surface area (TPSA) is 49.8 Å². The molecule has 1 rings (SSSR count). The van der Waals surface area contributed by atoms with Gasteiger partial charge in [-0.1, -0.05) is 0 Å². The molecule has 11 heavy (non-hydrogen) atoms. The van der Waals surface area contributed by atoms with E-state index >= 15 is 0 Å². The van der Waals surface area contributed by atoms with Gasteiger partial charge in [0.1, 0.15) is 6.04 Å². The summed E-state index contributed by atoms with van der Waals surface area (Å²) < 4.78 is 4.56. The molecule has 4 heteroatoms. The minimum atomic E-state index is -0.385. The molecule has 1 fully saturated rings. The molecule has 1 aliphatic heterocycles. The van der Waals surface area contributed by atoms with Crippen LogP contribution in [0.15, 0.2) is 0 Å². The summed E-state index contributed by atoms with van der Waals surface area (Å²) in [5, 5.41) is 9.16. The van der Waals surface area contributed by atoms with Crippen LogP contribution in [-0.4, -0.2) is 48.8 Å². The minimum absolute atomic E-state index is 0.255. The monoisotopic (exact) mass is 159 g/mol. The van der Waals surface area contributed by atoms with Crippen molar-refractivity contribution in [3.8, 4) is 0 Å². The standard InChI is InChI=1S/C7H13NO3/c1-8-4-5(9)3-6(8)7(10)11-2/h5-6,9H,3-4H2,1-2H3/t5-,6+/m0/s1. The molecule has 1 N–H and O–H groups in total. The van der Waals surface area contributed by atoms with Gasteiger partial charge in [-0.3, -0.25) is 9.69 Å². The highest BCUT2D eigenvalue weighted by atomic mass is 16.5. The summed E-state index contributed by atoms with van der Waals surface area (Å²) in [7, 11) is 3.17. The van der Waals surface area contributed by atoms with E-state index in [1.807, 2.05) is 0 Å². The zero-order valence-electron chi connectivity index (χ0n) is 6.78. The fourth-order valence-electron chi connectivity index (χ4n) is 1.38.